The van der Waals surface area contributed by atoms with Gasteiger partial charge in [0, 0.05) is 24.7 Å². The maximum atomic E-state index is 12.3. The fraction of sp³-hybridized carbons (Fsp3) is 0.588. The molecule has 2 rings (SSSR count). The minimum absolute atomic E-state index is 0.0414. The van der Waals surface area contributed by atoms with Crippen LogP contribution in [0.15, 0.2) is 29.2 Å². The van der Waals surface area contributed by atoms with Crippen molar-refractivity contribution in [1.82, 2.24) is 4.90 Å². The maximum absolute atomic E-state index is 12.3. The highest BCUT2D eigenvalue weighted by molar-refractivity contribution is 7.98. The zero-order chi connectivity index (χ0) is 16.0. The molecule has 0 bridgehead atoms. The molecule has 0 aliphatic carbocycles. The number of thioether (sulfide) groups is 1. The van der Waals surface area contributed by atoms with Crippen molar-refractivity contribution in [2.24, 2.45) is 5.41 Å². The smallest absolute Gasteiger partial charge is 0.238 e. The van der Waals surface area contributed by atoms with Gasteiger partial charge in [0.2, 0.25) is 5.91 Å². The Balaban J connectivity index is 1.86. The van der Waals surface area contributed by atoms with Crippen LogP contribution in [-0.4, -0.2) is 50.4 Å². The predicted octanol–water partition coefficient (Wildman–Crippen LogP) is 3.10. The molecule has 0 atom stereocenters. The Morgan fingerprint density at radius 2 is 2.05 bits per heavy atom. The number of hydrogen-bond donors (Lipinski definition) is 1. The number of rotatable bonds is 6. The monoisotopic (exact) mass is 322 g/mol. The van der Waals surface area contributed by atoms with Gasteiger partial charge in [0.25, 0.3) is 0 Å². The molecule has 1 heterocycles. The molecule has 0 unspecified atom stereocenters. The molecule has 22 heavy (non-hydrogen) atoms. The van der Waals surface area contributed by atoms with Crippen LogP contribution in [0.3, 0.4) is 0 Å². The van der Waals surface area contributed by atoms with Crippen molar-refractivity contribution in [1.29, 1.82) is 0 Å². The predicted molar refractivity (Wildman–Crippen MR) is 92.5 cm³/mol. The van der Waals surface area contributed by atoms with Gasteiger partial charge in [-0.1, -0.05) is 19.1 Å². The topological polar surface area (TPSA) is 41.6 Å². The summed E-state index contributed by atoms with van der Waals surface area (Å²) in [6, 6.07) is 7.90. The fourth-order valence-corrected chi connectivity index (χ4v) is 3.47. The first kappa shape index (κ1) is 17.3. The Hall–Kier alpha value is -1.04. The summed E-state index contributed by atoms with van der Waals surface area (Å²) >= 11 is 1.64. The van der Waals surface area contributed by atoms with Crippen molar-refractivity contribution in [2.45, 2.75) is 24.7 Å². The van der Waals surface area contributed by atoms with Crippen molar-refractivity contribution in [3.63, 3.8) is 0 Å². The average Bonchev–Trinajstić information content (AvgIpc) is 2.47. The van der Waals surface area contributed by atoms with E-state index in [0.29, 0.717) is 6.54 Å². The summed E-state index contributed by atoms with van der Waals surface area (Å²) in [4.78, 5) is 15.5. The Bertz CT molecular complexity index is 501. The van der Waals surface area contributed by atoms with Gasteiger partial charge in [-0.2, -0.15) is 0 Å². The summed E-state index contributed by atoms with van der Waals surface area (Å²) in [5, 5.41) is 3.02. The Morgan fingerprint density at radius 1 is 1.36 bits per heavy atom. The molecule has 1 amide bonds. The largest absolute Gasteiger partial charge is 0.381 e. The molecule has 122 valence electrons. The summed E-state index contributed by atoms with van der Waals surface area (Å²) < 4.78 is 5.43. The number of carbonyl (C=O) groups is 1. The van der Waals surface area contributed by atoms with E-state index in [-0.39, 0.29) is 11.3 Å². The third-order valence-electron chi connectivity index (χ3n) is 4.15. The number of amides is 1. The van der Waals surface area contributed by atoms with Crippen LogP contribution in [0.1, 0.15) is 19.8 Å². The minimum Gasteiger partial charge on any atom is -0.381 e. The lowest BCUT2D eigenvalue weighted by atomic mass is 9.82. The van der Waals surface area contributed by atoms with E-state index >= 15 is 0 Å². The van der Waals surface area contributed by atoms with Crippen molar-refractivity contribution in [3.8, 4) is 0 Å². The van der Waals surface area contributed by atoms with E-state index in [9.17, 15) is 4.79 Å². The van der Waals surface area contributed by atoms with Crippen LogP contribution in [0.4, 0.5) is 5.69 Å². The molecule has 0 saturated carbocycles. The summed E-state index contributed by atoms with van der Waals surface area (Å²) in [5.41, 5.74) is 1.15. The molecule has 0 radical (unpaired) electrons. The molecule has 0 spiro atoms. The third-order valence-corrected chi connectivity index (χ3v) is 4.94. The van der Waals surface area contributed by atoms with Gasteiger partial charge >= 0.3 is 0 Å². The van der Waals surface area contributed by atoms with Crippen LogP contribution >= 0.6 is 11.8 Å². The molecule has 1 aliphatic rings. The van der Waals surface area contributed by atoms with Crippen LogP contribution in [0.2, 0.25) is 0 Å². The van der Waals surface area contributed by atoms with Crippen molar-refractivity contribution < 1.29 is 9.53 Å². The van der Waals surface area contributed by atoms with Gasteiger partial charge in [-0.15, -0.1) is 11.8 Å². The van der Waals surface area contributed by atoms with Crippen molar-refractivity contribution in [3.05, 3.63) is 24.3 Å². The standard InChI is InChI=1S/C17H26N2O2S/c1-17(8-10-21-11-9-17)13-19(2)12-16(20)18-14-6-4-5-7-15(14)22-3/h4-7H,8-13H2,1-3H3,(H,18,20). The van der Waals surface area contributed by atoms with Gasteiger partial charge in [-0.05, 0) is 43.7 Å². The highest BCUT2D eigenvalue weighted by Gasteiger charge is 2.29. The summed E-state index contributed by atoms with van der Waals surface area (Å²) in [6.45, 7) is 5.29. The lowest BCUT2D eigenvalue weighted by Gasteiger charge is -2.36. The zero-order valence-electron chi connectivity index (χ0n) is 13.7. The highest BCUT2D eigenvalue weighted by atomic mass is 32.2. The molecule has 1 aliphatic heterocycles. The summed E-state index contributed by atoms with van der Waals surface area (Å²) in [7, 11) is 2.01. The quantitative estimate of drug-likeness (QED) is 0.817. The van der Waals surface area contributed by atoms with Gasteiger partial charge in [0.1, 0.15) is 0 Å². The molecule has 5 heteroatoms. The molecule has 1 fully saturated rings. The number of para-hydroxylation sites is 1. The molecule has 4 nitrogen and oxygen atoms in total. The Morgan fingerprint density at radius 3 is 2.73 bits per heavy atom. The van der Waals surface area contributed by atoms with E-state index < -0.39 is 0 Å². The second-order valence-corrected chi connectivity index (χ2v) is 7.19. The van der Waals surface area contributed by atoms with Crippen LogP contribution < -0.4 is 5.32 Å². The first-order chi connectivity index (χ1) is 10.5. The van der Waals surface area contributed by atoms with E-state index in [0.717, 1.165) is 43.2 Å². The molecule has 1 saturated heterocycles. The van der Waals surface area contributed by atoms with Crippen molar-refractivity contribution in [2.75, 3.05) is 44.9 Å². The van der Waals surface area contributed by atoms with E-state index in [1.54, 1.807) is 11.8 Å². The van der Waals surface area contributed by atoms with E-state index in [1.165, 1.54) is 0 Å². The average molecular weight is 322 g/mol. The second kappa shape index (κ2) is 7.99. The van der Waals surface area contributed by atoms with Gasteiger partial charge in [-0.25, -0.2) is 0 Å². The number of hydrogen-bond acceptors (Lipinski definition) is 4. The molecular formula is C17H26N2O2S. The van der Waals surface area contributed by atoms with Gasteiger partial charge < -0.3 is 10.1 Å². The molecule has 0 aromatic heterocycles. The fourth-order valence-electron chi connectivity index (χ4n) is 2.91. The van der Waals surface area contributed by atoms with Crippen LogP contribution in [0.25, 0.3) is 0 Å². The molecule has 1 aromatic carbocycles. The SMILES string of the molecule is CSc1ccccc1NC(=O)CN(C)CC1(C)CCOCC1. The van der Waals surface area contributed by atoms with Gasteiger partial charge in [0.15, 0.2) is 0 Å². The van der Waals surface area contributed by atoms with E-state index in [4.69, 9.17) is 4.74 Å². The van der Waals surface area contributed by atoms with E-state index in [2.05, 4.69) is 17.1 Å². The number of carbonyl (C=O) groups excluding carboxylic acids is 1. The Labute approximate surface area is 137 Å². The van der Waals surface area contributed by atoms with Crippen LogP contribution in [0.5, 0.6) is 0 Å². The highest BCUT2D eigenvalue weighted by Crippen LogP contribution is 2.30. The van der Waals surface area contributed by atoms with Crippen LogP contribution in [0, 0.1) is 5.41 Å². The number of nitrogens with one attached hydrogen (secondary N) is 1. The van der Waals surface area contributed by atoms with Crippen LogP contribution in [-0.2, 0) is 9.53 Å². The lowest BCUT2D eigenvalue weighted by Crippen LogP contribution is -2.40. The number of nitrogens with zero attached hydrogens (tertiary/aromatic N) is 1. The molecule has 1 aromatic rings. The number of benzene rings is 1. The number of anilines is 1. The van der Waals surface area contributed by atoms with E-state index in [1.807, 2.05) is 37.6 Å². The maximum Gasteiger partial charge on any atom is 0.238 e. The Kier molecular flexibility index (Phi) is 6.29. The van der Waals surface area contributed by atoms with Crippen molar-refractivity contribution >= 4 is 23.4 Å². The summed E-state index contributed by atoms with van der Waals surface area (Å²) in [5.74, 6) is 0.0414. The van der Waals surface area contributed by atoms with Gasteiger partial charge in [0.05, 0.1) is 12.2 Å². The normalized spacial score (nSPS) is 17.5. The summed E-state index contributed by atoms with van der Waals surface area (Å²) in [6.07, 6.45) is 4.14. The first-order valence-electron chi connectivity index (χ1n) is 7.72. The second-order valence-electron chi connectivity index (χ2n) is 6.34. The lowest BCUT2D eigenvalue weighted by molar-refractivity contribution is -0.117. The van der Waals surface area contributed by atoms with Gasteiger partial charge in [-0.3, -0.25) is 9.69 Å². The number of ether oxygens (including phenoxy) is 1. The number of likely N-dealkylation sites (N-methyl/N-ethyl adjacent to an activating group) is 1. The third kappa shape index (κ3) is 5.00. The molecular weight excluding hydrogens is 296 g/mol. The molecule has 1 N–H and O–H groups in total. The first-order valence-corrected chi connectivity index (χ1v) is 8.94. The zero-order valence-corrected chi connectivity index (χ0v) is 14.5. The minimum atomic E-state index is 0.0414.